The lowest BCUT2D eigenvalue weighted by Crippen LogP contribution is -1.98. The summed E-state index contributed by atoms with van der Waals surface area (Å²) in [4.78, 5) is 5.31. The van der Waals surface area contributed by atoms with Crippen LogP contribution in [0.3, 0.4) is 0 Å². The maximum absolute atomic E-state index is 5.04. The number of ether oxygens (including phenoxy) is 1. The van der Waals surface area contributed by atoms with Gasteiger partial charge in [-0.05, 0) is 6.42 Å². The van der Waals surface area contributed by atoms with Crippen LogP contribution in [0.25, 0.3) is 9.88 Å². The van der Waals surface area contributed by atoms with Crippen molar-refractivity contribution < 1.29 is 4.74 Å². The van der Waals surface area contributed by atoms with Crippen molar-refractivity contribution in [1.82, 2.24) is 15.2 Å². The molecule has 1 N–H and O–H groups in total. The van der Waals surface area contributed by atoms with E-state index in [1.807, 2.05) is 6.20 Å². The minimum atomic E-state index is 0.546. The summed E-state index contributed by atoms with van der Waals surface area (Å²) < 4.78 is 5.04. The van der Waals surface area contributed by atoms with Crippen LogP contribution < -0.4 is 5.32 Å². The molecule has 2 heterocycles. The molecule has 0 bridgehead atoms. The third kappa shape index (κ3) is 3.21. The van der Waals surface area contributed by atoms with E-state index in [1.54, 1.807) is 29.8 Å². The van der Waals surface area contributed by atoms with Crippen molar-refractivity contribution in [3.8, 4) is 9.88 Å². The maximum Gasteiger partial charge on any atom is 0.206 e. The monoisotopic (exact) mass is 270 g/mol. The van der Waals surface area contributed by atoms with Crippen molar-refractivity contribution in [2.24, 2.45) is 0 Å². The second-order valence-corrected chi connectivity index (χ2v) is 5.48. The Labute approximate surface area is 108 Å². The largest absolute Gasteiger partial charge is 0.378 e. The number of thiazole rings is 1. The van der Waals surface area contributed by atoms with E-state index >= 15 is 0 Å². The molecule has 0 aliphatic carbocycles. The van der Waals surface area contributed by atoms with E-state index in [4.69, 9.17) is 4.74 Å². The van der Waals surface area contributed by atoms with Crippen LogP contribution in [0.4, 0.5) is 5.13 Å². The number of anilines is 1. The molecule has 0 unspecified atom stereocenters. The summed E-state index contributed by atoms with van der Waals surface area (Å²) in [7, 11) is 1.67. The molecular weight excluding hydrogens is 256 g/mol. The van der Waals surface area contributed by atoms with Gasteiger partial charge in [0.2, 0.25) is 5.13 Å². The fourth-order valence-corrected chi connectivity index (χ4v) is 2.92. The van der Waals surface area contributed by atoms with E-state index in [2.05, 4.69) is 27.4 Å². The highest BCUT2D eigenvalue weighted by Gasteiger charge is 2.09. The minimum absolute atomic E-state index is 0.546. The van der Waals surface area contributed by atoms with Crippen molar-refractivity contribution >= 4 is 27.8 Å². The van der Waals surface area contributed by atoms with Gasteiger partial charge in [0.25, 0.3) is 0 Å². The van der Waals surface area contributed by atoms with E-state index in [0.717, 1.165) is 33.0 Å². The Hall–Kier alpha value is -1.05. The molecular formula is C10H14N4OS2. The predicted octanol–water partition coefficient (Wildman–Crippen LogP) is 2.63. The zero-order valence-corrected chi connectivity index (χ0v) is 11.4. The van der Waals surface area contributed by atoms with Crippen LogP contribution in [-0.2, 0) is 11.3 Å². The summed E-state index contributed by atoms with van der Waals surface area (Å²) in [6, 6.07) is 0. The van der Waals surface area contributed by atoms with Crippen LogP contribution in [0.5, 0.6) is 0 Å². The normalized spacial score (nSPS) is 10.7. The molecule has 17 heavy (non-hydrogen) atoms. The number of nitrogens with zero attached hydrogens (tertiary/aromatic N) is 3. The van der Waals surface area contributed by atoms with Crippen molar-refractivity contribution in [1.29, 1.82) is 0 Å². The van der Waals surface area contributed by atoms with Gasteiger partial charge in [-0.15, -0.1) is 21.5 Å². The van der Waals surface area contributed by atoms with Crippen LogP contribution >= 0.6 is 22.7 Å². The first-order chi connectivity index (χ1) is 8.33. The summed E-state index contributed by atoms with van der Waals surface area (Å²) in [5.74, 6) is 0. The average Bonchev–Trinajstić information content (AvgIpc) is 2.95. The van der Waals surface area contributed by atoms with Gasteiger partial charge in [0.15, 0.2) is 5.01 Å². The topological polar surface area (TPSA) is 59.9 Å². The Morgan fingerprint density at radius 1 is 1.35 bits per heavy atom. The van der Waals surface area contributed by atoms with E-state index in [9.17, 15) is 0 Å². The predicted molar refractivity (Wildman–Crippen MR) is 70.5 cm³/mol. The first-order valence-corrected chi connectivity index (χ1v) is 6.98. The van der Waals surface area contributed by atoms with Gasteiger partial charge in [0.05, 0.1) is 11.5 Å². The molecule has 0 radical (unpaired) electrons. The lowest BCUT2D eigenvalue weighted by molar-refractivity contribution is 0.184. The lowest BCUT2D eigenvalue weighted by Gasteiger charge is -1.95. The molecule has 92 valence electrons. The van der Waals surface area contributed by atoms with Crippen molar-refractivity contribution in [2.45, 2.75) is 20.0 Å². The van der Waals surface area contributed by atoms with Crippen LogP contribution in [0.1, 0.15) is 18.4 Å². The molecule has 0 saturated carbocycles. The summed E-state index contributed by atoms with van der Waals surface area (Å²) in [5.41, 5.74) is 0. The number of methoxy groups -OCH3 is 1. The van der Waals surface area contributed by atoms with Gasteiger partial charge in [-0.25, -0.2) is 4.98 Å². The van der Waals surface area contributed by atoms with E-state index < -0.39 is 0 Å². The minimum Gasteiger partial charge on any atom is -0.378 e. The fourth-order valence-electron chi connectivity index (χ4n) is 1.23. The smallest absolute Gasteiger partial charge is 0.206 e. The molecule has 2 aromatic heterocycles. The fraction of sp³-hybridized carbons (Fsp3) is 0.500. The van der Waals surface area contributed by atoms with Gasteiger partial charge in [-0.1, -0.05) is 18.3 Å². The lowest BCUT2D eigenvalue weighted by atomic mass is 10.5. The van der Waals surface area contributed by atoms with Crippen molar-refractivity contribution in [3.63, 3.8) is 0 Å². The number of rotatable bonds is 6. The molecule has 0 aliphatic heterocycles. The highest BCUT2D eigenvalue weighted by Crippen LogP contribution is 2.30. The van der Waals surface area contributed by atoms with Crippen LogP contribution in [0.2, 0.25) is 0 Å². The maximum atomic E-state index is 5.04. The third-order valence-electron chi connectivity index (χ3n) is 1.98. The van der Waals surface area contributed by atoms with E-state index in [-0.39, 0.29) is 0 Å². The Morgan fingerprint density at radius 3 is 3.00 bits per heavy atom. The Kier molecular flexibility index (Phi) is 4.41. The van der Waals surface area contributed by atoms with Crippen LogP contribution in [0, 0.1) is 0 Å². The van der Waals surface area contributed by atoms with Gasteiger partial charge in [-0.2, -0.15) is 0 Å². The Bertz CT molecular complexity index is 468. The summed E-state index contributed by atoms with van der Waals surface area (Å²) in [6.07, 6.45) is 2.90. The molecule has 0 amide bonds. The number of aromatic nitrogens is 3. The van der Waals surface area contributed by atoms with Gasteiger partial charge >= 0.3 is 0 Å². The standard InChI is InChI=1S/C10H14N4OS2/c1-3-4-11-10-14-13-9(17-10)7-5-12-8(16-7)6-15-2/h5H,3-4,6H2,1-2H3,(H,11,14). The van der Waals surface area contributed by atoms with E-state index in [0.29, 0.717) is 6.61 Å². The average molecular weight is 270 g/mol. The molecule has 2 aromatic rings. The molecule has 0 spiro atoms. The SMILES string of the molecule is CCCNc1nnc(-c2cnc(COC)s2)s1. The molecule has 2 rings (SSSR count). The second-order valence-electron chi connectivity index (χ2n) is 3.39. The van der Waals surface area contributed by atoms with Crippen molar-refractivity contribution in [3.05, 3.63) is 11.2 Å². The first-order valence-electron chi connectivity index (χ1n) is 5.35. The Morgan fingerprint density at radius 2 is 2.24 bits per heavy atom. The molecule has 0 atom stereocenters. The molecule has 0 fully saturated rings. The molecule has 7 heteroatoms. The Balaban J connectivity index is 2.07. The summed E-state index contributed by atoms with van der Waals surface area (Å²) in [5, 5.41) is 14.2. The zero-order valence-electron chi connectivity index (χ0n) is 9.77. The quantitative estimate of drug-likeness (QED) is 0.874. The summed E-state index contributed by atoms with van der Waals surface area (Å²) in [6.45, 7) is 3.59. The third-order valence-corrected chi connectivity index (χ3v) is 4.00. The number of hydrogen-bond donors (Lipinski definition) is 1. The van der Waals surface area contributed by atoms with Gasteiger partial charge in [-0.3, -0.25) is 0 Å². The van der Waals surface area contributed by atoms with Crippen LogP contribution in [-0.4, -0.2) is 28.8 Å². The number of hydrogen-bond acceptors (Lipinski definition) is 7. The number of nitrogens with one attached hydrogen (secondary N) is 1. The van der Waals surface area contributed by atoms with Gasteiger partial charge < -0.3 is 10.1 Å². The van der Waals surface area contributed by atoms with Gasteiger partial charge in [0.1, 0.15) is 5.01 Å². The zero-order chi connectivity index (χ0) is 12.1. The van der Waals surface area contributed by atoms with Crippen molar-refractivity contribution in [2.75, 3.05) is 19.0 Å². The highest BCUT2D eigenvalue weighted by molar-refractivity contribution is 7.23. The van der Waals surface area contributed by atoms with Gasteiger partial charge in [0, 0.05) is 19.9 Å². The second kappa shape index (κ2) is 6.04. The van der Waals surface area contributed by atoms with Crippen LogP contribution in [0.15, 0.2) is 6.20 Å². The molecule has 5 nitrogen and oxygen atoms in total. The molecule has 0 aliphatic rings. The van der Waals surface area contributed by atoms with E-state index in [1.165, 1.54) is 0 Å². The highest BCUT2D eigenvalue weighted by atomic mass is 32.1. The first kappa shape index (κ1) is 12.4. The summed E-state index contributed by atoms with van der Waals surface area (Å²) >= 11 is 3.15. The molecule has 0 saturated heterocycles. The molecule has 0 aromatic carbocycles.